The molecule has 1 aliphatic rings. The molecule has 94 valence electrons. The molecule has 3 nitrogen and oxygen atoms in total. The van der Waals surface area contributed by atoms with Gasteiger partial charge in [0.1, 0.15) is 5.82 Å². The van der Waals surface area contributed by atoms with Gasteiger partial charge in [0, 0.05) is 6.04 Å². The number of carbonyl (C=O) groups is 1. The molecule has 1 fully saturated rings. The van der Waals surface area contributed by atoms with E-state index >= 15 is 0 Å². The molecule has 0 aromatic heterocycles. The molecule has 0 spiro atoms. The molecule has 2 unspecified atom stereocenters. The minimum Gasteiger partial charge on any atom is -0.348 e. The van der Waals surface area contributed by atoms with E-state index in [1.807, 2.05) is 0 Å². The first kappa shape index (κ1) is 12.8. The van der Waals surface area contributed by atoms with Crippen molar-refractivity contribution in [2.24, 2.45) is 5.92 Å². The lowest BCUT2D eigenvalue weighted by Crippen LogP contribution is -2.37. The van der Waals surface area contributed by atoms with Crippen molar-refractivity contribution in [1.29, 1.82) is 5.26 Å². The highest BCUT2D eigenvalue weighted by molar-refractivity contribution is 6.33. The van der Waals surface area contributed by atoms with E-state index in [4.69, 9.17) is 16.9 Å². The molecule has 1 saturated carbocycles. The van der Waals surface area contributed by atoms with Crippen LogP contribution >= 0.6 is 11.6 Å². The fourth-order valence-corrected chi connectivity index (χ4v) is 2.49. The first-order chi connectivity index (χ1) is 8.63. The molecule has 0 bridgehead atoms. The van der Waals surface area contributed by atoms with Gasteiger partial charge in [0.15, 0.2) is 0 Å². The third-order valence-electron chi connectivity index (χ3n) is 3.19. The molecule has 0 aliphatic heterocycles. The average Bonchev–Trinajstić information content (AvgIpc) is 2.76. The van der Waals surface area contributed by atoms with Gasteiger partial charge in [0.05, 0.1) is 22.6 Å². The van der Waals surface area contributed by atoms with Gasteiger partial charge >= 0.3 is 0 Å². The van der Waals surface area contributed by atoms with Crippen LogP contribution in [0, 0.1) is 23.1 Å². The maximum atomic E-state index is 13.5. The second kappa shape index (κ2) is 5.36. The van der Waals surface area contributed by atoms with Gasteiger partial charge in [-0.15, -0.1) is 0 Å². The highest BCUT2D eigenvalue weighted by atomic mass is 35.5. The molecule has 1 amide bonds. The lowest BCUT2D eigenvalue weighted by Gasteiger charge is -2.16. The normalized spacial score (nSPS) is 22.5. The summed E-state index contributed by atoms with van der Waals surface area (Å²) in [5.41, 5.74) is -0.150. The molecule has 1 aliphatic carbocycles. The summed E-state index contributed by atoms with van der Waals surface area (Å²) >= 11 is 5.81. The molecule has 2 atom stereocenters. The van der Waals surface area contributed by atoms with E-state index in [2.05, 4.69) is 11.4 Å². The first-order valence-corrected chi connectivity index (χ1v) is 6.15. The Labute approximate surface area is 110 Å². The van der Waals surface area contributed by atoms with E-state index in [1.165, 1.54) is 18.2 Å². The highest BCUT2D eigenvalue weighted by Crippen LogP contribution is 2.26. The smallest absolute Gasteiger partial charge is 0.256 e. The minimum atomic E-state index is -0.647. The third kappa shape index (κ3) is 2.46. The molecular formula is C13H12ClFN2O. The predicted octanol–water partition coefficient (Wildman–Crippen LogP) is 2.90. The molecule has 1 aromatic rings. The van der Waals surface area contributed by atoms with E-state index < -0.39 is 11.7 Å². The molecule has 18 heavy (non-hydrogen) atoms. The van der Waals surface area contributed by atoms with Crippen molar-refractivity contribution < 1.29 is 9.18 Å². The summed E-state index contributed by atoms with van der Waals surface area (Å²) in [5.74, 6) is -1.39. The Hall–Kier alpha value is -1.60. The molecule has 0 radical (unpaired) electrons. The number of nitrogens with zero attached hydrogens (tertiary/aromatic N) is 1. The van der Waals surface area contributed by atoms with E-state index in [9.17, 15) is 9.18 Å². The van der Waals surface area contributed by atoms with Crippen LogP contribution in [0.15, 0.2) is 18.2 Å². The monoisotopic (exact) mass is 266 g/mol. The summed E-state index contributed by atoms with van der Waals surface area (Å²) < 4.78 is 13.5. The Bertz CT molecular complexity index is 492. The maximum absolute atomic E-state index is 13.5. The SMILES string of the molecule is N#CC1CCCC1NC(=O)c1c(F)cccc1Cl. The van der Waals surface area contributed by atoms with Crippen LogP contribution in [0.2, 0.25) is 5.02 Å². The molecule has 0 heterocycles. The number of nitriles is 1. The van der Waals surface area contributed by atoms with E-state index in [0.29, 0.717) is 0 Å². The lowest BCUT2D eigenvalue weighted by atomic mass is 10.1. The summed E-state index contributed by atoms with van der Waals surface area (Å²) in [6.45, 7) is 0. The number of rotatable bonds is 2. The van der Waals surface area contributed by atoms with Crippen LogP contribution in [0.1, 0.15) is 29.6 Å². The molecular weight excluding hydrogens is 255 g/mol. The predicted molar refractivity (Wildman–Crippen MR) is 65.6 cm³/mol. The van der Waals surface area contributed by atoms with Crippen molar-refractivity contribution in [2.75, 3.05) is 0 Å². The van der Waals surface area contributed by atoms with Crippen molar-refractivity contribution in [2.45, 2.75) is 25.3 Å². The Morgan fingerprint density at radius 3 is 2.94 bits per heavy atom. The lowest BCUT2D eigenvalue weighted by molar-refractivity contribution is 0.0929. The van der Waals surface area contributed by atoms with Gasteiger partial charge in [-0.25, -0.2) is 4.39 Å². The first-order valence-electron chi connectivity index (χ1n) is 5.78. The summed E-state index contributed by atoms with van der Waals surface area (Å²) in [6, 6.07) is 6.06. The summed E-state index contributed by atoms with van der Waals surface area (Å²) in [7, 11) is 0. The number of halogens is 2. The van der Waals surface area contributed by atoms with Crippen LogP contribution in [0.4, 0.5) is 4.39 Å². The van der Waals surface area contributed by atoms with Gasteiger partial charge < -0.3 is 5.32 Å². The van der Waals surface area contributed by atoms with Crippen LogP contribution in [0.25, 0.3) is 0 Å². The van der Waals surface area contributed by atoms with Crippen LogP contribution in [-0.2, 0) is 0 Å². The Balaban J connectivity index is 2.16. The number of hydrogen-bond donors (Lipinski definition) is 1. The zero-order chi connectivity index (χ0) is 13.1. The molecule has 0 saturated heterocycles. The summed E-state index contributed by atoms with van der Waals surface area (Å²) in [5, 5.41) is 11.7. The van der Waals surface area contributed by atoms with Gasteiger partial charge in [0.2, 0.25) is 0 Å². The second-order valence-corrected chi connectivity index (χ2v) is 4.75. The number of benzene rings is 1. The fraction of sp³-hybridized carbons (Fsp3) is 0.385. The number of nitrogens with one attached hydrogen (secondary N) is 1. The Morgan fingerprint density at radius 1 is 1.50 bits per heavy atom. The van der Waals surface area contributed by atoms with Crippen LogP contribution < -0.4 is 5.32 Å². The number of carbonyl (C=O) groups excluding carboxylic acids is 1. The van der Waals surface area contributed by atoms with Gasteiger partial charge in [0.25, 0.3) is 5.91 Å². The second-order valence-electron chi connectivity index (χ2n) is 4.34. The molecule has 2 rings (SSSR count). The van der Waals surface area contributed by atoms with Crippen molar-refractivity contribution in [3.63, 3.8) is 0 Å². The number of amides is 1. The van der Waals surface area contributed by atoms with E-state index in [-0.39, 0.29) is 22.5 Å². The molecule has 5 heteroatoms. The fourth-order valence-electron chi connectivity index (χ4n) is 2.24. The minimum absolute atomic E-state index is 0.0824. The quantitative estimate of drug-likeness (QED) is 0.895. The Morgan fingerprint density at radius 2 is 2.28 bits per heavy atom. The molecule has 1 aromatic carbocycles. The largest absolute Gasteiger partial charge is 0.348 e. The average molecular weight is 267 g/mol. The van der Waals surface area contributed by atoms with Crippen LogP contribution in [0.5, 0.6) is 0 Å². The number of hydrogen-bond acceptors (Lipinski definition) is 2. The van der Waals surface area contributed by atoms with Crippen molar-refractivity contribution in [3.05, 3.63) is 34.6 Å². The standard InChI is InChI=1S/C13H12ClFN2O/c14-9-4-2-5-10(15)12(9)13(18)17-11-6-1-3-8(11)7-16/h2,4-5,8,11H,1,3,6H2,(H,17,18). The van der Waals surface area contributed by atoms with Crippen molar-refractivity contribution in [3.8, 4) is 6.07 Å². The van der Waals surface area contributed by atoms with Crippen molar-refractivity contribution in [1.82, 2.24) is 5.32 Å². The van der Waals surface area contributed by atoms with Crippen LogP contribution in [0.3, 0.4) is 0 Å². The van der Waals surface area contributed by atoms with E-state index in [1.54, 1.807) is 0 Å². The summed E-state index contributed by atoms with van der Waals surface area (Å²) in [6.07, 6.45) is 2.41. The van der Waals surface area contributed by atoms with Crippen LogP contribution in [-0.4, -0.2) is 11.9 Å². The van der Waals surface area contributed by atoms with Gasteiger partial charge in [-0.3, -0.25) is 4.79 Å². The zero-order valence-corrected chi connectivity index (χ0v) is 10.4. The Kier molecular flexibility index (Phi) is 3.83. The topological polar surface area (TPSA) is 52.9 Å². The third-order valence-corrected chi connectivity index (χ3v) is 3.50. The highest BCUT2D eigenvalue weighted by Gasteiger charge is 2.29. The summed E-state index contributed by atoms with van der Waals surface area (Å²) in [4.78, 5) is 12.0. The zero-order valence-electron chi connectivity index (χ0n) is 9.62. The maximum Gasteiger partial charge on any atom is 0.256 e. The van der Waals surface area contributed by atoms with Gasteiger partial charge in [-0.05, 0) is 31.4 Å². The molecule has 1 N–H and O–H groups in total. The van der Waals surface area contributed by atoms with Gasteiger partial charge in [-0.2, -0.15) is 5.26 Å². The van der Waals surface area contributed by atoms with E-state index in [0.717, 1.165) is 19.3 Å². The van der Waals surface area contributed by atoms with Gasteiger partial charge in [-0.1, -0.05) is 17.7 Å². The van der Waals surface area contributed by atoms with Crippen molar-refractivity contribution >= 4 is 17.5 Å².